The van der Waals surface area contributed by atoms with Gasteiger partial charge in [-0.1, -0.05) is 12.1 Å². The van der Waals surface area contributed by atoms with Gasteiger partial charge in [0, 0.05) is 51.0 Å². The van der Waals surface area contributed by atoms with E-state index < -0.39 is 6.10 Å². The second-order valence-electron chi connectivity index (χ2n) is 7.94. The number of rotatable bonds is 3. The smallest absolute Gasteiger partial charge is 0.267 e. The molecule has 0 radical (unpaired) electrons. The third-order valence-electron chi connectivity index (χ3n) is 5.82. The van der Waals surface area contributed by atoms with Gasteiger partial charge in [-0.25, -0.2) is 4.98 Å². The highest BCUT2D eigenvalue weighted by Gasteiger charge is 2.33. The topological polar surface area (TPSA) is 80.3 Å². The Morgan fingerprint density at radius 2 is 1.71 bits per heavy atom. The summed E-state index contributed by atoms with van der Waals surface area (Å²) in [6, 6.07) is 9.46. The molecule has 1 atom stereocenters. The first-order valence-corrected chi connectivity index (χ1v) is 10.8. The quantitative estimate of drug-likeness (QED) is 0.724. The van der Waals surface area contributed by atoms with Crippen LogP contribution in [0.2, 0.25) is 0 Å². The number of para-hydroxylation sites is 2. The number of nitrogens with zero attached hydrogens (tertiary/aromatic N) is 5. The number of ether oxygens (including phenoxy) is 3. The minimum atomic E-state index is -0.601. The summed E-state index contributed by atoms with van der Waals surface area (Å²) in [7, 11) is 0. The minimum Gasteiger partial charge on any atom is -0.485 e. The van der Waals surface area contributed by atoms with E-state index >= 15 is 0 Å². The number of anilines is 2. The lowest BCUT2D eigenvalue weighted by Gasteiger charge is -2.38. The molecule has 1 amide bonds. The van der Waals surface area contributed by atoms with Gasteiger partial charge in [-0.15, -0.1) is 0 Å². The van der Waals surface area contributed by atoms with Crippen LogP contribution >= 0.6 is 0 Å². The summed E-state index contributed by atoms with van der Waals surface area (Å²) in [5.41, 5.74) is 0.941. The van der Waals surface area contributed by atoms with E-state index in [0.717, 1.165) is 43.6 Å². The van der Waals surface area contributed by atoms with Crippen LogP contribution in [0.1, 0.15) is 5.69 Å². The molecule has 0 N–H and O–H groups in total. The van der Waals surface area contributed by atoms with Gasteiger partial charge in [-0.05, 0) is 19.1 Å². The zero-order chi connectivity index (χ0) is 21.2. The molecule has 31 heavy (non-hydrogen) atoms. The highest BCUT2D eigenvalue weighted by atomic mass is 16.6. The maximum atomic E-state index is 13.0. The van der Waals surface area contributed by atoms with Crippen molar-refractivity contribution in [3.8, 4) is 11.5 Å². The largest absolute Gasteiger partial charge is 0.485 e. The van der Waals surface area contributed by atoms with E-state index in [4.69, 9.17) is 19.2 Å². The molecular formula is C22H27N5O4. The number of benzene rings is 1. The number of piperazine rings is 1. The Morgan fingerprint density at radius 1 is 0.968 bits per heavy atom. The first-order chi connectivity index (χ1) is 15.2. The fourth-order valence-electron chi connectivity index (χ4n) is 4.10. The Bertz CT molecular complexity index is 941. The van der Waals surface area contributed by atoms with Crippen molar-refractivity contribution < 1.29 is 19.0 Å². The van der Waals surface area contributed by atoms with E-state index in [1.54, 1.807) is 0 Å². The number of amides is 1. The number of aromatic nitrogens is 2. The van der Waals surface area contributed by atoms with Crippen LogP contribution in [0.15, 0.2) is 30.3 Å². The van der Waals surface area contributed by atoms with Crippen LogP contribution in [-0.4, -0.2) is 86.0 Å². The van der Waals surface area contributed by atoms with Crippen molar-refractivity contribution >= 4 is 17.7 Å². The maximum Gasteiger partial charge on any atom is 0.267 e. The average molecular weight is 425 g/mol. The van der Waals surface area contributed by atoms with Gasteiger partial charge in [-0.3, -0.25) is 4.79 Å². The summed E-state index contributed by atoms with van der Waals surface area (Å²) in [5, 5.41) is 0. The summed E-state index contributed by atoms with van der Waals surface area (Å²) in [6.45, 7) is 7.92. The maximum absolute atomic E-state index is 13.0. The molecule has 0 bridgehead atoms. The average Bonchev–Trinajstić information content (AvgIpc) is 2.83. The van der Waals surface area contributed by atoms with Gasteiger partial charge in [0.15, 0.2) is 11.5 Å². The molecule has 2 aromatic rings. The van der Waals surface area contributed by atoms with Crippen LogP contribution < -0.4 is 19.3 Å². The molecule has 0 spiro atoms. The second-order valence-corrected chi connectivity index (χ2v) is 7.94. The summed E-state index contributed by atoms with van der Waals surface area (Å²) in [6.07, 6.45) is -0.601. The first-order valence-electron chi connectivity index (χ1n) is 10.8. The molecule has 5 rings (SSSR count). The van der Waals surface area contributed by atoms with E-state index in [9.17, 15) is 4.79 Å². The summed E-state index contributed by atoms with van der Waals surface area (Å²) < 4.78 is 17.0. The van der Waals surface area contributed by atoms with Gasteiger partial charge in [0.2, 0.25) is 12.1 Å². The minimum absolute atomic E-state index is 0.0259. The van der Waals surface area contributed by atoms with Crippen molar-refractivity contribution in [2.24, 2.45) is 0 Å². The van der Waals surface area contributed by atoms with E-state index in [0.29, 0.717) is 37.8 Å². The normalized spacial score (nSPS) is 21.2. The Balaban J connectivity index is 1.22. The molecule has 0 aliphatic carbocycles. The molecule has 0 saturated carbocycles. The molecule has 3 aliphatic rings. The Morgan fingerprint density at radius 3 is 2.48 bits per heavy atom. The number of carbonyl (C=O) groups is 1. The SMILES string of the molecule is Cc1cc(N2CCN(C(=O)C3COc4ccccc4O3)CC2)nc(N2CCOCC2)n1. The summed E-state index contributed by atoms with van der Waals surface area (Å²) in [5.74, 6) is 2.95. The number of aryl methyl sites for hydroxylation is 1. The van der Waals surface area contributed by atoms with E-state index in [1.165, 1.54) is 0 Å². The zero-order valence-corrected chi connectivity index (χ0v) is 17.7. The lowest BCUT2D eigenvalue weighted by Crippen LogP contribution is -2.54. The van der Waals surface area contributed by atoms with Crippen molar-refractivity contribution in [3.05, 3.63) is 36.0 Å². The van der Waals surface area contributed by atoms with E-state index in [1.807, 2.05) is 42.2 Å². The highest BCUT2D eigenvalue weighted by molar-refractivity contribution is 5.82. The molecule has 1 aromatic carbocycles. The molecule has 2 fully saturated rings. The zero-order valence-electron chi connectivity index (χ0n) is 17.7. The first kappa shape index (κ1) is 19.9. The van der Waals surface area contributed by atoms with Gasteiger partial charge in [0.05, 0.1) is 13.2 Å². The third kappa shape index (κ3) is 4.23. The summed E-state index contributed by atoms with van der Waals surface area (Å²) in [4.78, 5) is 28.6. The van der Waals surface area contributed by atoms with Crippen LogP contribution in [0.25, 0.3) is 0 Å². The predicted octanol–water partition coefficient (Wildman–Crippen LogP) is 1.11. The van der Waals surface area contributed by atoms with E-state index in [-0.39, 0.29) is 12.5 Å². The van der Waals surface area contributed by atoms with Gasteiger partial charge in [-0.2, -0.15) is 4.98 Å². The lowest BCUT2D eigenvalue weighted by atomic mass is 10.2. The van der Waals surface area contributed by atoms with Gasteiger partial charge in [0.25, 0.3) is 5.91 Å². The van der Waals surface area contributed by atoms with E-state index in [2.05, 4.69) is 14.8 Å². The molecular weight excluding hydrogens is 398 g/mol. The number of morpholine rings is 1. The lowest BCUT2D eigenvalue weighted by molar-refractivity contribution is -0.141. The fourth-order valence-corrected chi connectivity index (χ4v) is 4.10. The van der Waals surface area contributed by atoms with Gasteiger partial charge >= 0.3 is 0 Å². The number of hydrogen-bond donors (Lipinski definition) is 0. The molecule has 9 heteroatoms. The fraction of sp³-hybridized carbons (Fsp3) is 0.500. The highest BCUT2D eigenvalue weighted by Crippen LogP contribution is 2.31. The molecule has 3 aliphatic heterocycles. The Labute approximate surface area is 181 Å². The second kappa shape index (κ2) is 8.58. The molecule has 1 aromatic heterocycles. The number of fused-ring (bicyclic) bond motifs is 1. The molecule has 164 valence electrons. The molecule has 9 nitrogen and oxygen atoms in total. The van der Waals surface area contributed by atoms with Gasteiger partial charge < -0.3 is 28.9 Å². The van der Waals surface area contributed by atoms with Crippen LogP contribution in [0.3, 0.4) is 0 Å². The Hall–Kier alpha value is -3.07. The molecule has 1 unspecified atom stereocenters. The molecule has 2 saturated heterocycles. The van der Waals surface area contributed by atoms with Crippen LogP contribution in [0.4, 0.5) is 11.8 Å². The monoisotopic (exact) mass is 425 g/mol. The van der Waals surface area contributed by atoms with Crippen molar-refractivity contribution in [2.75, 3.05) is 68.9 Å². The Kier molecular flexibility index (Phi) is 5.50. The number of carbonyl (C=O) groups excluding carboxylic acids is 1. The van der Waals surface area contributed by atoms with Crippen molar-refractivity contribution in [1.82, 2.24) is 14.9 Å². The molecule has 4 heterocycles. The number of hydrogen-bond acceptors (Lipinski definition) is 8. The van der Waals surface area contributed by atoms with Crippen molar-refractivity contribution in [1.29, 1.82) is 0 Å². The van der Waals surface area contributed by atoms with Crippen LogP contribution in [0.5, 0.6) is 11.5 Å². The predicted molar refractivity (Wildman–Crippen MR) is 115 cm³/mol. The summed E-state index contributed by atoms with van der Waals surface area (Å²) >= 11 is 0. The third-order valence-corrected chi connectivity index (χ3v) is 5.82. The standard InChI is InChI=1S/C22H27N5O4/c1-16-14-20(24-22(23-16)27-10-12-29-13-11-27)25-6-8-26(9-7-25)21(28)19-15-30-17-4-2-3-5-18(17)31-19/h2-5,14,19H,6-13,15H2,1H3. The van der Waals surface area contributed by atoms with Crippen LogP contribution in [-0.2, 0) is 9.53 Å². The van der Waals surface area contributed by atoms with Crippen LogP contribution in [0, 0.1) is 6.92 Å². The van der Waals surface area contributed by atoms with Gasteiger partial charge in [0.1, 0.15) is 12.4 Å². The van der Waals surface area contributed by atoms with Crippen molar-refractivity contribution in [2.45, 2.75) is 13.0 Å². The van der Waals surface area contributed by atoms with Crippen molar-refractivity contribution in [3.63, 3.8) is 0 Å².